The van der Waals surface area contributed by atoms with Gasteiger partial charge in [-0.1, -0.05) is 12.1 Å². The standard InChI is InChI=1S/C21H20N4O3/c1-12-5-6-13-10-17-19(24-25(2)20(17)22-18(13)7-12)23-21(26)14-8-15(27-3)11-16(9-14)28-4/h5-11H,1-4H3,(H,23,24,26). The van der Waals surface area contributed by atoms with Gasteiger partial charge in [0.2, 0.25) is 0 Å². The molecule has 2 aromatic carbocycles. The Bertz CT molecular complexity index is 1190. The van der Waals surface area contributed by atoms with E-state index in [1.807, 2.05) is 31.2 Å². The lowest BCUT2D eigenvalue weighted by Gasteiger charge is -2.08. The number of hydrogen-bond donors (Lipinski definition) is 1. The largest absolute Gasteiger partial charge is 0.497 e. The van der Waals surface area contributed by atoms with Crippen molar-refractivity contribution in [3.8, 4) is 11.5 Å². The van der Waals surface area contributed by atoms with Gasteiger partial charge in [-0.2, -0.15) is 5.10 Å². The van der Waals surface area contributed by atoms with Crippen molar-refractivity contribution in [2.45, 2.75) is 6.92 Å². The minimum Gasteiger partial charge on any atom is -0.497 e. The molecule has 2 aromatic heterocycles. The number of pyridine rings is 1. The minimum atomic E-state index is -0.304. The second-order valence-corrected chi connectivity index (χ2v) is 6.58. The van der Waals surface area contributed by atoms with Crippen LogP contribution >= 0.6 is 0 Å². The number of hydrogen-bond acceptors (Lipinski definition) is 5. The molecular formula is C21H20N4O3. The Balaban J connectivity index is 1.75. The van der Waals surface area contributed by atoms with E-state index in [1.165, 1.54) is 0 Å². The average molecular weight is 376 g/mol. The van der Waals surface area contributed by atoms with Gasteiger partial charge in [0.05, 0.1) is 25.1 Å². The Morgan fingerprint density at radius 1 is 1.04 bits per heavy atom. The van der Waals surface area contributed by atoms with Crippen molar-refractivity contribution in [3.05, 3.63) is 53.6 Å². The zero-order valence-electron chi connectivity index (χ0n) is 16.1. The van der Waals surface area contributed by atoms with E-state index in [0.717, 1.165) is 21.9 Å². The molecule has 0 fully saturated rings. The predicted octanol–water partition coefficient (Wildman–Crippen LogP) is 3.70. The Morgan fingerprint density at radius 3 is 2.43 bits per heavy atom. The van der Waals surface area contributed by atoms with Gasteiger partial charge in [-0.15, -0.1) is 0 Å². The van der Waals surface area contributed by atoms with E-state index in [0.29, 0.717) is 28.5 Å². The van der Waals surface area contributed by atoms with Crippen molar-refractivity contribution < 1.29 is 14.3 Å². The number of aromatic nitrogens is 3. The molecule has 7 heteroatoms. The first kappa shape index (κ1) is 17.8. The topological polar surface area (TPSA) is 78.3 Å². The molecule has 0 saturated carbocycles. The van der Waals surface area contributed by atoms with Crippen molar-refractivity contribution in [2.75, 3.05) is 19.5 Å². The van der Waals surface area contributed by atoms with Crippen molar-refractivity contribution in [2.24, 2.45) is 7.05 Å². The van der Waals surface area contributed by atoms with Crippen LogP contribution in [0.4, 0.5) is 5.82 Å². The molecule has 0 radical (unpaired) electrons. The second kappa shape index (κ2) is 6.84. The maximum atomic E-state index is 12.8. The van der Waals surface area contributed by atoms with Gasteiger partial charge in [-0.25, -0.2) is 9.67 Å². The molecule has 142 valence electrons. The quantitative estimate of drug-likeness (QED) is 0.588. The number of ether oxygens (including phenoxy) is 2. The van der Waals surface area contributed by atoms with Crippen LogP contribution in [-0.2, 0) is 7.05 Å². The maximum Gasteiger partial charge on any atom is 0.257 e. The van der Waals surface area contributed by atoms with Crippen LogP contribution in [-0.4, -0.2) is 34.9 Å². The monoisotopic (exact) mass is 376 g/mol. The molecule has 0 aliphatic heterocycles. The van der Waals surface area contributed by atoms with Gasteiger partial charge in [0.15, 0.2) is 11.5 Å². The molecule has 4 aromatic rings. The molecule has 28 heavy (non-hydrogen) atoms. The number of amides is 1. The summed E-state index contributed by atoms with van der Waals surface area (Å²) in [7, 11) is 4.89. The summed E-state index contributed by atoms with van der Waals surface area (Å²) in [4.78, 5) is 17.5. The number of aryl methyl sites for hydroxylation is 2. The Labute approximate surface area is 161 Å². The van der Waals surface area contributed by atoms with Crippen molar-refractivity contribution in [1.82, 2.24) is 14.8 Å². The van der Waals surface area contributed by atoms with Crippen molar-refractivity contribution in [3.63, 3.8) is 0 Å². The summed E-state index contributed by atoms with van der Waals surface area (Å²) < 4.78 is 12.1. The number of carbonyl (C=O) groups excluding carboxylic acids is 1. The molecule has 2 heterocycles. The third-order valence-electron chi connectivity index (χ3n) is 4.61. The van der Waals surface area contributed by atoms with Gasteiger partial charge in [0.25, 0.3) is 5.91 Å². The average Bonchev–Trinajstić information content (AvgIpc) is 3.00. The lowest BCUT2D eigenvalue weighted by molar-refractivity contribution is 0.102. The van der Waals surface area contributed by atoms with E-state index in [-0.39, 0.29) is 5.91 Å². The van der Waals surface area contributed by atoms with Gasteiger partial charge in [0.1, 0.15) is 11.5 Å². The van der Waals surface area contributed by atoms with Crippen LogP contribution < -0.4 is 14.8 Å². The molecule has 4 rings (SSSR count). The fourth-order valence-electron chi connectivity index (χ4n) is 3.15. The summed E-state index contributed by atoms with van der Waals surface area (Å²) in [5.74, 6) is 1.23. The van der Waals surface area contributed by atoms with E-state index in [9.17, 15) is 4.79 Å². The zero-order valence-corrected chi connectivity index (χ0v) is 16.1. The molecule has 0 spiro atoms. The van der Waals surface area contributed by atoms with E-state index in [4.69, 9.17) is 14.5 Å². The highest BCUT2D eigenvalue weighted by Crippen LogP contribution is 2.27. The van der Waals surface area contributed by atoms with Crippen LogP contribution in [0.2, 0.25) is 0 Å². The Hall–Kier alpha value is -3.61. The van der Waals surface area contributed by atoms with E-state index in [1.54, 1.807) is 44.1 Å². The van der Waals surface area contributed by atoms with Gasteiger partial charge >= 0.3 is 0 Å². The van der Waals surface area contributed by atoms with E-state index in [2.05, 4.69) is 10.4 Å². The van der Waals surface area contributed by atoms with Crippen LogP contribution in [0.25, 0.3) is 21.9 Å². The SMILES string of the molecule is COc1cc(OC)cc(C(=O)Nc2nn(C)c3nc4cc(C)ccc4cc23)c1. The molecule has 0 bridgehead atoms. The highest BCUT2D eigenvalue weighted by Gasteiger charge is 2.16. The van der Waals surface area contributed by atoms with Gasteiger partial charge in [0, 0.05) is 24.1 Å². The fourth-order valence-corrected chi connectivity index (χ4v) is 3.15. The zero-order chi connectivity index (χ0) is 19.8. The van der Waals surface area contributed by atoms with Crippen LogP contribution in [0.15, 0.2) is 42.5 Å². The summed E-state index contributed by atoms with van der Waals surface area (Å²) in [6.45, 7) is 2.03. The molecule has 0 aliphatic carbocycles. The van der Waals surface area contributed by atoms with Crippen molar-refractivity contribution in [1.29, 1.82) is 0 Å². The number of fused-ring (bicyclic) bond motifs is 2. The molecule has 0 aliphatic rings. The number of carbonyl (C=O) groups is 1. The molecule has 1 N–H and O–H groups in total. The molecule has 1 amide bonds. The predicted molar refractivity (Wildman–Crippen MR) is 108 cm³/mol. The number of benzene rings is 2. The number of methoxy groups -OCH3 is 2. The number of nitrogens with one attached hydrogen (secondary N) is 1. The molecule has 7 nitrogen and oxygen atoms in total. The lowest BCUT2D eigenvalue weighted by atomic mass is 10.1. The smallest absolute Gasteiger partial charge is 0.257 e. The summed E-state index contributed by atoms with van der Waals surface area (Å²) in [6.07, 6.45) is 0. The fraction of sp³-hybridized carbons (Fsp3) is 0.190. The molecular weight excluding hydrogens is 356 g/mol. The first-order valence-electron chi connectivity index (χ1n) is 8.77. The van der Waals surface area contributed by atoms with Gasteiger partial charge in [-0.05, 0) is 36.8 Å². The van der Waals surface area contributed by atoms with Gasteiger partial charge in [-0.3, -0.25) is 4.79 Å². The lowest BCUT2D eigenvalue weighted by Crippen LogP contribution is -2.13. The van der Waals surface area contributed by atoms with Gasteiger partial charge < -0.3 is 14.8 Å². The molecule has 0 atom stereocenters. The number of anilines is 1. The van der Waals surface area contributed by atoms with Crippen molar-refractivity contribution >= 4 is 33.7 Å². The highest BCUT2D eigenvalue weighted by molar-refractivity contribution is 6.09. The van der Waals surface area contributed by atoms with Crippen LogP contribution in [0.5, 0.6) is 11.5 Å². The van der Waals surface area contributed by atoms with Crippen LogP contribution in [0.1, 0.15) is 15.9 Å². The summed E-state index contributed by atoms with van der Waals surface area (Å²) >= 11 is 0. The third-order valence-corrected chi connectivity index (χ3v) is 4.61. The summed E-state index contributed by atoms with van der Waals surface area (Å²) in [6, 6.07) is 13.1. The van der Waals surface area contributed by atoms with Crippen LogP contribution in [0, 0.1) is 6.92 Å². The normalized spacial score (nSPS) is 11.0. The summed E-state index contributed by atoms with van der Waals surface area (Å²) in [5, 5.41) is 9.09. The molecule has 0 unspecified atom stereocenters. The molecule has 0 saturated heterocycles. The van der Waals surface area contributed by atoms with E-state index < -0.39 is 0 Å². The van der Waals surface area contributed by atoms with Crippen LogP contribution in [0.3, 0.4) is 0 Å². The maximum absolute atomic E-state index is 12.8. The summed E-state index contributed by atoms with van der Waals surface area (Å²) in [5.41, 5.74) is 3.16. The Morgan fingerprint density at radius 2 is 1.75 bits per heavy atom. The highest BCUT2D eigenvalue weighted by atomic mass is 16.5. The number of rotatable bonds is 4. The van der Waals surface area contributed by atoms with E-state index >= 15 is 0 Å². The first-order chi connectivity index (χ1) is 13.5. The third kappa shape index (κ3) is 3.11. The second-order valence-electron chi connectivity index (χ2n) is 6.58. The number of nitrogens with zero attached hydrogens (tertiary/aromatic N) is 3. The first-order valence-corrected chi connectivity index (χ1v) is 8.77. The minimum absolute atomic E-state index is 0.304. The Kier molecular flexibility index (Phi) is 4.35.